The summed E-state index contributed by atoms with van der Waals surface area (Å²) >= 11 is 0. The third-order valence-corrected chi connectivity index (χ3v) is 4.57. The van der Waals surface area contributed by atoms with Crippen molar-refractivity contribution < 1.29 is 4.52 Å². The minimum Gasteiger partial charge on any atom is -0.370 e. The molecule has 4 aromatic rings. The molecule has 6 heteroatoms. The molecule has 0 unspecified atom stereocenters. The molecule has 2 N–H and O–H groups in total. The highest BCUT2D eigenvalue weighted by Crippen LogP contribution is 2.22. The molecule has 0 aliphatic heterocycles. The van der Waals surface area contributed by atoms with E-state index in [2.05, 4.69) is 55.9 Å². The summed E-state index contributed by atoms with van der Waals surface area (Å²) in [6.45, 7) is 4.93. The molecule has 0 atom stereocenters. The van der Waals surface area contributed by atoms with Crippen LogP contribution < -0.4 is 5.32 Å². The van der Waals surface area contributed by atoms with E-state index < -0.39 is 0 Å². The zero-order valence-corrected chi connectivity index (χ0v) is 15.6. The second-order valence-electron chi connectivity index (χ2n) is 6.93. The van der Waals surface area contributed by atoms with Crippen molar-refractivity contribution in [2.24, 2.45) is 0 Å². The highest BCUT2D eigenvalue weighted by Gasteiger charge is 2.12. The molecular formula is C21H23N5O. The van der Waals surface area contributed by atoms with Crippen LogP contribution in [0.1, 0.15) is 37.6 Å². The first-order chi connectivity index (χ1) is 13.2. The Hall–Kier alpha value is -3.15. The molecule has 6 nitrogen and oxygen atoms in total. The van der Waals surface area contributed by atoms with Gasteiger partial charge in [-0.15, -0.1) is 0 Å². The fraction of sp³-hybridized carbons (Fsp3) is 0.286. The zero-order chi connectivity index (χ0) is 18.6. The first kappa shape index (κ1) is 17.3. The van der Waals surface area contributed by atoms with Crippen LogP contribution in [0.5, 0.6) is 0 Å². The molecule has 3 heterocycles. The molecular weight excluding hydrogens is 338 g/mol. The van der Waals surface area contributed by atoms with Gasteiger partial charge in [0.25, 0.3) is 5.89 Å². The monoisotopic (exact) mass is 361 g/mol. The van der Waals surface area contributed by atoms with Crippen LogP contribution in [0.25, 0.3) is 22.4 Å². The van der Waals surface area contributed by atoms with Gasteiger partial charge < -0.3 is 14.8 Å². The quantitative estimate of drug-likeness (QED) is 0.463. The molecule has 1 aromatic carbocycles. The van der Waals surface area contributed by atoms with Crippen LogP contribution in [0.3, 0.4) is 0 Å². The number of nitrogens with zero attached hydrogens (tertiary/aromatic N) is 3. The van der Waals surface area contributed by atoms with Gasteiger partial charge in [-0.1, -0.05) is 37.2 Å². The summed E-state index contributed by atoms with van der Waals surface area (Å²) in [4.78, 5) is 12.2. The fourth-order valence-electron chi connectivity index (χ4n) is 3.08. The lowest BCUT2D eigenvalue weighted by molar-refractivity contribution is 0.419. The van der Waals surface area contributed by atoms with E-state index >= 15 is 0 Å². The maximum absolute atomic E-state index is 5.36. The predicted molar refractivity (Wildman–Crippen MR) is 107 cm³/mol. The summed E-state index contributed by atoms with van der Waals surface area (Å²) in [5.41, 5.74) is 3.42. The van der Waals surface area contributed by atoms with E-state index in [-0.39, 0.29) is 5.92 Å². The summed E-state index contributed by atoms with van der Waals surface area (Å²) in [6.07, 6.45) is 5.89. The van der Waals surface area contributed by atoms with Gasteiger partial charge in [-0.3, -0.25) is 0 Å². The maximum atomic E-state index is 5.36. The summed E-state index contributed by atoms with van der Waals surface area (Å²) in [6, 6.07) is 12.2. The molecule has 0 spiro atoms. The van der Waals surface area contributed by atoms with Crippen LogP contribution in [-0.4, -0.2) is 26.7 Å². The molecule has 0 saturated heterocycles. The SMILES string of the molecule is CC(C)c1noc(-c2ccnc(NCCCc3c[nH]c4ccccc34)c2)n1. The van der Waals surface area contributed by atoms with Crippen molar-refractivity contribution in [3.8, 4) is 11.5 Å². The molecule has 0 saturated carbocycles. The van der Waals surface area contributed by atoms with E-state index in [1.165, 1.54) is 16.5 Å². The minimum absolute atomic E-state index is 0.242. The highest BCUT2D eigenvalue weighted by atomic mass is 16.5. The van der Waals surface area contributed by atoms with Gasteiger partial charge in [-0.05, 0) is 36.6 Å². The van der Waals surface area contributed by atoms with Crippen LogP contribution in [-0.2, 0) is 6.42 Å². The van der Waals surface area contributed by atoms with Crippen molar-refractivity contribution in [2.45, 2.75) is 32.6 Å². The van der Waals surface area contributed by atoms with E-state index in [9.17, 15) is 0 Å². The first-order valence-electron chi connectivity index (χ1n) is 9.29. The third kappa shape index (κ3) is 3.84. The van der Waals surface area contributed by atoms with Gasteiger partial charge in [-0.25, -0.2) is 4.98 Å². The normalized spacial score (nSPS) is 11.4. The molecule has 0 radical (unpaired) electrons. The molecule has 4 rings (SSSR count). The summed E-state index contributed by atoms with van der Waals surface area (Å²) in [7, 11) is 0. The lowest BCUT2D eigenvalue weighted by atomic mass is 10.1. The minimum atomic E-state index is 0.242. The van der Waals surface area contributed by atoms with Gasteiger partial charge in [-0.2, -0.15) is 4.98 Å². The number of fused-ring (bicyclic) bond motifs is 1. The van der Waals surface area contributed by atoms with Crippen molar-refractivity contribution in [1.82, 2.24) is 20.1 Å². The predicted octanol–water partition coefficient (Wildman–Crippen LogP) is 4.78. The van der Waals surface area contributed by atoms with Crippen LogP contribution in [0, 0.1) is 0 Å². The Morgan fingerprint density at radius 3 is 2.93 bits per heavy atom. The van der Waals surface area contributed by atoms with Crippen molar-refractivity contribution in [3.05, 3.63) is 60.2 Å². The third-order valence-electron chi connectivity index (χ3n) is 4.57. The van der Waals surface area contributed by atoms with Crippen LogP contribution in [0.2, 0.25) is 0 Å². The highest BCUT2D eigenvalue weighted by molar-refractivity contribution is 5.83. The Morgan fingerprint density at radius 1 is 1.19 bits per heavy atom. The number of aromatic amines is 1. The number of pyridine rings is 1. The number of hydrogen-bond acceptors (Lipinski definition) is 5. The van der Waals surface area contributed by atoms with Gasteiger partial charge >= 0.3 is 0 Å². The van der Waals surface area contributed by atoms with Gasteiger partial charge in [0.05, 0.1) is 0 Å². The maximum Gasteiger partial charge on any atom is 0.258 e. The van der Waals surface area contributed by atoms with Gasteiger partial charge in [0.1, 0.15) is 5.82 Å². The number of nitrogens with one attached hydrogen (secondary N) is 2. The smallest absolute Gasteiger partial charge is 0.258 e. The van der Waals surface area contributed by atoms with Crippen molar-refractivity contribution in [2.75, 3.05) is 11.9 Å². The molecule has 0 fully saturated rings. The van der Waals surface area contributed by atoms with Gasteiger partial charge in [0.2, 0.25) is 0 Å². The number of H-pyrrole nitrogens is 1. The number of benzene rings is 1. The number of hydrogen-bond donors (Lipinski definition) is 2. The molecule has 0 amide bonds. The molecule has 0 aliphatic rings. The van der Waals surface area contributed by atoms with E-state index in [0.717, 1.165) is 36.6 Å². The van der Waals surface area contributed by atoms with Crippen LogP contribution in [0.15, 0.2) is 53.3 Å². The first-order valence-corrected chi connectivity index (χ1v) is 9.29. The zero-order valence-electron chi connectivity index (χ0n) is 15.6. The van der Waals surface area contributed by atoms with Crippen LogP contribution in [0.4, 0.5) is 5.82 Å². The lowest BCUT2D eigenvalue weighted by Gasteiger charge is -2.06. The molecule has 138 valence electrons. The van der Waals surface area contributed by atoms with Crippen molar-refractivity contribution in [1.29, 1.82) is 0 Å². The average molecular weight is 361 g/mol. The standard InChI is InChI=1S/C21H23N5O/c1-14(2)20-25-21(27-26-20)15-9-11-23-19(12-15)22-10-5-6-16-13-24-18-8-4-3-7-17(16)18/h3-4,7-9,11-14,24H,5-6,10H2,1-2H3,(H,22,23). The second-order valence-corrected chi connectivity index (χ2v) is 6.93. The van der Waals surface area contributed by atoms with E-state index in [4.69, 9.17) is 4.52 Å². The van der Waals surface area contributed by atoms with Gasteiger partial charge in [0, 0.05) is 41.3 Å². The van der Waals surface area contributed by atoms with E-state index in [1.807, 2.05) is 26.0 Å². The van der Waals surface area contributed by atoms with E-state index in [1.54, 1.807) is 6.20 Å². The second kappa shape index (κ2) is 7.61. The fourth-order valence-corrected chi connectivity index (χ4v) is 3.08. The lowest BCUT2D eigenvalue weighted by Crippen LogP contribution is -2.04. The Bertz CT molecular complexity index is 1030. The number of aryl methyl sites for hydroxylation is 1. The number of aromatic nitrogens is 4. The Kier molecular flexibility index (Phi) is 4.87. The van der Waals surface area contributed by atoms with Crippen molar-refractivity contribution >= 4 is 16.7 Å². The Balaban J connectivity index is 1.36. The largest absolute Gasteiger partial charge is 0.370 e. The molecule has 0 aliphatic carbocycles. The number of anilines is 1. The molecule has 3 aromatic heterocycles. The van der Waals surface area contributed by atoms with Gasteiger partial charge in [0.15, 0.2) is 5.82 Å². The van der Waals surface area contributed by atoms with Crippen molar-refractivity contribution in [3.63, 3.8) is 0 Å². The summed E-state index contributed by atoms with van der Waals surface area (Å²) < 4.78 is 5.36. The number of rotatable bonds is 7. The van der Waals surface area contributed by atoms with Crippen LogP contribution >= 0.6 is 0 Å². The summed E-state index contributed by atoms with van der Waals surface area (Å²) in [5.74, 6) is 2.31. The number of para-hydroxylation sites is 1. The topological polar surface area (TPSA) is 79.6 Å². The Morgan fingerprint density at radius 2 is 2.07 bits per heavy atom. The van der Waals surface area contributed by atoms with E-state index in [0.29, 0.717) is 5.89 Å². The molecule has 27 heavy (non-hydrogen) atoms. The summed E-state index contributed by atoms with van der Waals surface area (Å²) in [5, 5.41) is 8.71. The molecule has 0 bridgehead atoms. The Labute approximate surface area is 158 Å². The average Bonchev–Trinajstić information content (AvgIpc) is 3.33.